The molecule has 0 aliphatic heterocycles. The fourth-order valence-electron chi connectivity index (χ4n) is 1.35. The van der Waals surface area contributed by atoms with Gasteiger partial charge in [0.05, 0.1) is 12.2 Å². The van der Waals surface area contributed by atoms with Gasteiger partial charge in [-0.05, 0) is 25.5 Å². The van der Waals surface area contributed by atoms with Crippen molar-refractivity contribution in [1.29, 1.82) is 0 Å². The Morgan fingerprint density at radius 3 is 2.94 bits per heavy atom. The van der Waals surface area contributed by atoms with Crippen molar-refractivity contribution in [2.24, 2.45) is 0 Å². The molecular formula is C12H19N3O2. The van der Waals surface area contributed by atoms with Crippen molar-refractivity contribution in [2.75, 3.05) is 13.1 Å². The lowest BCUT2D eigenvalue weighted by Crippen LogP contribution is -2.34. The number of hydrogen-bond acceptors (Lipinski definition) is 4. The van der Waals surface area contributed by atoms with Gasteiger partial charge in [-0.1, -0.05) is 6.92 Å². The summed E-state index contributed by atoms with van der Waals surface area (Å²) in [6.45, 7) is 5.16. The summed E-state index contributed by atoms with van der Waals surface area (Å²) >= 11 is 0. The van der Waals surface area contributed by atoms with Gasteiger partial charge in [-0.2, -0.15) is 0 Å². The number of aromatic hydroxyl groups is 1. The number of amides is 1. The van der Waals surface area contributed by atoms with Crippen molar-refractivity contribution < 1.29 is 9.90 Å². The number of hydrogen-bond donors (Lipinski definition) is 3. The Morgan fingerprint density at radius 1 is 1.47 bits per heavy atom. The summed E-state index contributed by atoms with van der Waals surface area (Å²) in [5, 5.41) is 15.2. The minimum Gasteiger partial charge on any atom is -0.506 e. The molecule has 0 bridgehead atoms. The van der Waals surface area contributed by atoms with Crippen LogP contribution in [0.15, 0.2) is 12.1 Å². The summed E-state index contributed by atoms with van der Waals surface area (Å²) in [6, 6.07) is 3.35. The van der Waals surface area contributed by atoms with Gasteiger partial charge in [0.1, 0.15) is 5.75 Å². The molecule has 1 amide bonds. The van der Waals surface area contributed by atoms with E-state index in [9.17, 15) is 9.90 Å². The number of rotatable bonds is 6. The molecule has 0 aromatic carbocycles. The molecule has 1 heterocycles. The molecule has 0 unspecified atom stereocenters. The highest BCUT2D eigenvalue weighted by molar-refractivity contribution is 5.77. The number of aryl methyl sites for hydroxylation is 1. The molecule has 5 heteroatoms. The predicted octanol–water partition coefficient (Wildman–Crippen LogP) is 0.711. The van der Waals surface area contributed by atoms with Crippen LogP contribution in [0.25, 0.3) is 0 Å². The molecule has 17 heavy (non-hydrogen) atoms. The van der Waals surface area contributed by atoms with Crippen LogP contribution in [0.5, 0.6) is 5.75 Å². The van der Waals surface area contributed by atoms with Gasteiger partial charge in [0.2, 0.25) is 5.91 Å². The van der Waals surface area contributed by atoms with Gasteiger partial charge in [0, 0.05) is 18.8 Å². The van der Waals surface area contributed by atoms with Crippen molar-refractivity contribution in [3.05, 3.63) is 23.5 Å². The topological polar surface area (TPSA) is 74.2 Å². The largest absolute Gasteiger partial charge is 0.506 e. The molecular weight excluding hydrogens is 218 g/mol. The van der Waals surface area contributed by atoms with Gasteiger partial charge < -0.3 is 15.7 Å². The van der Waals surface area contributed by atoms with Crippen LogP contribution in [-0.2, 0) is 11.3 Å². The van der Waals surface area contributed by atoms with Gasteiger partial charge in [-0.15, -0.1) is 0 Å². The molecule has 5 nitrogen and oxygen atoms in total. The number of pyridine rings is 1. The SMILES string of the molecule is CCCNC(=O)CNCc1nc(C)ccc1O. The van der Waals surface area contributed by atoms with Crippen LogP contribution < -0.4 is 10.6 Å². The van der Waals surface area contributed by atoms with Crippen molar-refractivity contribution in [1.82, 2.24) is 15.6 Å². The highest BCUT2D eigenvalue weighted by Gasteiger charge is 2.04. The first-order chi connectivity index (χ1) is 8.13. The molecule has 1 rings (SSSR count). The van der Waals surface area contributed by atoms with E-state index in [2.05, 4.69) is 15.6 Å². The van der Waals surface area contributed by atoms with Gasteiger partial charge in [0.25, 0.3) is 0 Å². The quantitative estimate of drug-likeness (QED) is 0.681. The average molecular weight is 237 g/mol. The first kappa shape index (κ1) is 13.4. The standard InChI is InChI=1S/C12H19N3O2/c1-3-6-14-12(17)8-13-7-10-11(16)5-4-9(2)15-10/h4-5,13,16H,3,6-8H2,1-2H3,(H,14,17). The fraction of sp³-hybridized carbons (Fsp3) is 0.500. The molecule has 0 aliphatic carbocycles. The maximum absolute atomic E-state index is 11.3. The van der Waals surface area contributed by atoms with Crippen molar-refractivity contribution in [2.45, 2.75) is 26.8 Å². The Bertz CT molecular complexity index is 380. The summed E-state index contributed by atoms with van der Waals surface area (Å²) in [6.07, 6.45) is 0.923. The lowest BCUT2D eigenvalue weighted by molar-refractivity contribution is -0.120. The van der Waals surface area contributed by atoms with Crippen LogP contribution >= 0.6 is 0 Å². The van der Waals surface area contributed by atoms with Crippen LogP contribution in [0.1, 0.15) is 24.7 Å². The van der Waals surface area contributed by atoms with Gasteiger partial charge >= 0.3 is 0 Å². The van der Waals surface area contributed by atoms with E-state index in [4.69, 9.17) is 0 Å². The Balaban J connectivity index is 2.35. The molecule has 0 radical (unpaired) electrons. The second-order valence-corrected chi connectivity index (χ2v) is 3.87. The van der Waals surface area contributed by atoms with E-state index < -0.39 is 0 Å². The first-order valence-corrected chi connectivity index (χ1v) is 5.76. The van der Waals surface area contributed by atoms with E-state index in [-0.39, 0.29) is 18.2 Å². The third-order valence-electron chi connectivity index (χ3n) is 2.24. The molecule has 3 N–H and O–H groups in total. The summed E-state index contributed by atoms with van der Waals surface area (Å²) in [7, 11) is 0. The lowest BCUT2D eigenvalue weighted by Gasteiger charge is -2.07. The molecule has 0 aliphatic rings. The first-order valence-electron chi connectivity index (χ1n) is 5.76. The van der Waals surface area contributed by atoms with E-state index >= 15 is 0 Å². The highest BCUT2D eigenvalue weighted by atomic mass is 16.3. The second-order valence-electron chi connectivity index (χ2n) is 3.87. The molecule has 94 valence electrons. The number of aromatic nitrogens is 1. The summed E-state index contributed by atoms with van der Waals surface area (Å²) in [5.41, 5.74) is 1.41. The van der Waals surface area contributed by atoms with Crippen LogP contribution in [-0.4, -0.2) is 29.1 Å². The van der Waals surface area contributed by atoms with Gasteiger partial charge in [-0.3, -0.25) is 9.78 Å². The Morgan fingerprint density at radius 2 is 2.24 bits per heavy atom. The van der Waals surface area contributed by atoms with Gasteiger partial charge in [0.15, 0.2) is 0 Å². The van der Waals surface area contributed by atoms with Gasteiger partial charge in [-0.25, -0.2) is 0 Å². The number of carbonyl (C=O) groups excluding carboxylic acids is 1. The summed E-state index contributed by atoms with van der Waals surface area (Å²) < 4.78 is 0. The predicted molar refractivity (Wildman–Crippen MR) is 65.6 cm³/mol. The van der Waals surface area contributed by atoms with E-state index in [0.717, 1.165) is 12.1 Å². The van der Waals surface area contributed by atoms with E-state index in [1.54, 1.807) is 12.1 Å². The molecule has 1 aromatic rings. The highest BCUT2D eigenvalue weighted by Crippen LogP contribution is 2.13. The van der Waals surface area contributed by atoms with Crippen molar-refractivity contribution in [3.8, 4) is 5.75 Å². The van der Waals surface area contributed by atoms with Crippen LogP contribution in [0.2, 0.25) is 0 Å². The minimum atomic E-state index is -0.0426. The van der Waals surface area contributed by atoms with Crippen LogP contribution in [0, 0.1) is 6.92 Å². The van der Waals surface area contributed by atoms with E-state index in [0.29, 0.717) is 18.8 Å². The number of nitrogens with zero attached hydrogens (tertiary/aromatic N) is 1. The zero-order valence-electron chi connectivity index (χ0n) is 10.3. The monoisotopic (exact) mass is 237 g/mol. The van der Waals surface area contributed by atoms with Crippen molar-refractivity contribution >= 4 is 5.91 Å². The zero-order chi connectivity index (χ0) is 12.7. The molecule has 0 fully saturated rings. The molecule has 1 aromatic heterocycles. The lowest BCUT2D eigenvalue weighted by atomic mass is 10.3. The smallest absolute Gasteiger partial charge is 0.233 e. The molecule has 0 saturated heterocycles. The Hall–Kier alpha value is -1.62. The second kappa shape index (κ2) is 6.85. The average Bonchev–Trinajstić information content (AvgIpc) is 2.31. The van der Waals surface area contributed by atoms with E-state index in [1.165, 1.54) is 0 Å². The molecule has 0 saturated carbocycles. The maximum atomic E-state index is 11.3. The van der Waals surface area contributed by atoms with E-state index in [1.807, 2.05) is 13.8 Å². The third kappa shape index (κ3) is 4.82. The maximum Gasteiger partial charge on any atom is 0.233 e. The third-order valence-corrected chi connectivity index (χ3v) is 2.24. The fourth-order valence-corrected chi connectivity index (χ4v) is 1.35. The van der Waals surface area contributed by atoms with Crippen LogP contribution in [0.4, 0.5) is 0 Å². The Labute approximate surface area is 101 Å². The number of carbonyl (C=O) groups is 1. The van der Waals surface area contributed by atoms with Crippen molar-refractivity contribution in [3.63, 3.8) is 0 Å². The van der Waals surface area contributed by atoms with Crippen LogP contribution in [0.3, 0.4) is 0 Å². The summed E-state index contributed by atoms with van der Waals surface area (Å²) in [5.74, 6) is 0.107. The minimum absolute atomic E-state index is 0.0426. The zero-order valence-corrected chi connectivity index (χ0v) is 10.3. The number of nitrogens with one attached hydrogen (secondary N) is 2. The Kier molecular flexibility index (Phi) is 5.42. The normalized spacial score (nSPS) is 10.2. The molecule has 0 atom stereocenters. The molecule has 0 spiro atoms. The summed E-state index contributed by atoms with van der Waals surface area (Å²) in [4.78, 5) is 15.5.